The molecule has 0 aliphatic carbocycles. The van der Waals surface area contributed by atoms with Crippen LogP contribution in [0.2, 0.25) is 0 Å². The van der Waals surface area contributed by atoms with Gasteiger partial charge in [0.25, 0.3) is 0 Å². The van der Waals surface area contributed by atoms with Gasteiger partial charge in [0, 0.05) is 16.9 Å². The molecule has 2 bridgehead atoms. The summed E-state index contributed by atoms with van der Waals surface area (Å²) in [4.78, 5) is 15.6. The Morgan fingerprint density at radius 1 is 1.03 bits per heavy atom. The molecule has 2 heterocycles. The molecule has 2 aliphatic heterocycles. The van der Waals surface area contributed by atoms with Crippen LogP contribution >= 0.6 is 12.2 Å². The number of amides is 1. The van der Waals surface area contributed by atoms with E-state index in [4.69, 9.17) is 17.0 Å². The first-order valence-corrected chi connectivity index (χ1v) is 10.7. The Morgan fingerprint density at radius 3 is 2.45 bits per heavy atom. The van der Waals surface area contributed by atoms with Crippen molar-refractivity contribution in [3.63, 3.8) is 0 Å². The number of nitrogens with zero attached hydrogens (tertiary/aromatic N) is 1. The number of ether oxygens (including phenoxy) is 1. The predicted molar refractivity (Wildman–Crippen MR) is 126 cm³/mol. The number of thiocarbonyl (C=S) groups is 1. The van der Waals surface area contributed by atoms with Crippen LogP contribution < -0.4 is 20.3 Å². The summed E-state index contributed by atoms with van der Waals surface area (Å²) in [5, 5.41) is 7.03. The summed E-state index contributed by atoms with van der Waals surface area (Å²) in [5.41, 5.74) is 2.70. The number of anilines is 2. The van der Waals surface area contributed by atoms with Gasteiger partial charge >= 0.3 is 0 Å². The number of benzene rings is 3. The van der Waals surface area contributed by atoms with Crippen molar-refractivity contribution in [2.24, 2.45) is 5.92 Å². The SMILES string of the molecule is Cc1ccc(N2C(=S)N[C@@H]3c4ccccc4O[C@@]2(C)[C@@H]3C(=O)Nc2ccccc2)cc1. The summed E-state index contributed by atoms with van der Waals surface area (Å²) in [6.07, 6.45) is 0. The largest absolute Gasteiger partial charge is 0.467 e. The Hall–Kier alpha value is -3.38. The molecule has 0 spiro atoms. The van der Waals surface area contributed by atoms with Gasteiger partial charge < -0.3 is 15.4 Å². The van der Waals surface area contributed by atoms with Gasteiger partial charge in [0.2, 0.25) is 5.91 Å². The lowest BCUT2D eigenvalue weighted by atomic mass is 9.78. The quantitative estimate of drug-likeness (QED) is 0.586. The maximum atomic E-state index is 13.6. The molecular weight excluding hydrogens is 406 g/mol. The number of hydrogen-bond acceptors (Lipinski definition) is 3. The minimum Gasteiger partial charge on any atom is -0.467 e. The van der Waals surface area contributed by atoms with Crippen molar-refractivity contribution in [2.45, 2.75) is 25.6 Å². The van der Waals surface area contributed by atoms with Gasteiger partial charge in [-0.05, 0) is 56.4 Å². The van der Waals surface area contributed by atoms with Crippen LogP contribution in [-0.4, -0.2) is 16.7 Å². The number of aryl methyl sites for hydroxylation is 1. The van der Waals surface area contributed by atoms with Gasteiger partial charge in [-0.3, -0.25) is 9.69 Å². The topological polar surface area (TPSA) is 53.6 Å². The van der Waals surface area contributed by atoms with Crippen LogP contribution in [0.3, 0.4) is 0 Å². The second-order valence-electron chi connectivity index (χ2n) is 8.13. The van der Waals surface area contributed by atoms with Gasteiger partial charge in [0.1, 0.15) is 11.7 Å². The average Bonchev–Trinajstić information content (AvgIpc) is 2.75. The molecule has 156 valence electrons. The Bertz CT molecular complexity index is 1150. The number of fused-ring (bicyclic) bond motifs is 4. The van der Waals surface area contributed by atoms with E-state index < -0.39 is 11.6 Å². The highest BCUT2D eigenvalue weighted by atomic mass is 32.1. The fourth-order valence-electron chi connectivity index (χ4n) is 4.55. The smallest absolute Gasteiger partial charge is 0.236 e. The first-order chi connectivity index (χ1) is 15.0. The Kier molecular flexibility index (Phi) is 4.67. The van der Waals surface area contributed by atoms with E-state index in [1.807, 2.05) is 97.6 Å². The number of nitrogens with one attached hydrogen (secondary N) is 2. The molecule has 3 atom stereocenters. The highest BCUT2D eigenvalue weighted by molar-refractivity contribution is 7.80. The summed E-state index contributed by atoms with van der Waals surface area (Å²) < 4.78 is 6.57. The summed E-state index contributed by atoms with van der Waals surface area (Å²) >= 11 is 5.77. The molecule has 2 N–H and O–H groups in total. The number of hydrogen-bond donors (Lipinski definition) is 2. The summed E-state index contributed by atoms with van der Waals surface area (Å²) in [5.74, 6) is 0.0850. The molecule has 2 aliphatic rings. The highest BCUT2D eigenvalue weighted by Crippen LogP contribution is 2.49. The summed E-state index contributed by atoms with van der Waals surface area (Å²) in [6.45, 7) is 3.98. The van der Waals surface area contributed by atoms with Crippen molar-refractivity contribution in [1.82, 2.24) is 5.32 Å². The normalized spacial score (nSPS) is 23.9. The number of carbonyl (C=O) groups is 1. The summed E-state index contributed by atoms with van der Waals surface area (Å²) in [7, 11) is 0. The molecule has 0 unspecified atom stereocenters. The van der Waals surface area contributed by atoms with Crippen LogP contribution in [-0.2, 0) is 4.79 Å². The second-order valence-corrected chi connectivity index (χ2v) is 8.51. The molecule has 31 heavy (non-hydrogen) atoms. The molecular formula is C25H23N3O2S. The fourth-order valence-corrected chi connectivity index (χ4v) is 4.97. The monoisotopic (exact) mass is 429 g/mol. The van der Waals surface area contributed by atoms with Gasteiger partial charge in [0.15, 0.2) is 10.8 Å². The first-order valence-electron chi connectivity index (χ1n) is 10.3. The van der Waals surface area contributed by atoms with Gasteiger partial charge in [-0.15, -0.1) is 0 Å². The Labute approximate surface area is 187 Å². The van der Waals surface area contributed by atoms with Crippen LogP contribution in [0.5, 0.6) is 5.75 Å². The molecule has 3 aromatic carbocycles. The molecule has 3 aromatic rings. The highest BCUT2D eigenvalue weighted by Gasteiger charge is 2.59. The Balaban J connectivity index is 1.62. The van der Waals surface area contributed by atoms with Crippen LogP contribution in [0, 0.1) is 12.8 Å². The van der Waals surface area contributed by atoms with Crippen molar-refractivity contribution in [1.29, 1.82) is 0 Å². The van der Waals surface area contributed by atoms with Crippen molar-refractivity contribution in [2.75, 3.05) is 10.2 Å². The lowest BCUT2D eigenvalue weighted by molar-refractivity contribution is -0.130. The zero-order chi connectivity index (χ0) is 21.6. The molecule has 0 saturated carbocycles. The van der Waals surface area contributed by atoms with Gasteiger partial charge in [-0.2, -0.15) is 0 Å². The lowest BCUT2D eigenvalue weighted by Crippen LogP contribution is -2.72. The Morgan fingerprint density at radius 2 is 1.71 bits per heavy atom. The van der Waals surface area contributed by atoms with E-state index in [-0.39, 0.29) is 11.9 Å². The summed E-state index contributed by atoms with van der Waals surface area (Å²) in [6, 6.07) is 25.1. The maximum Gasteiger partial charge on any atom is 0.236 e. The lowest BCUT2D eigenvalue weighted by Gasteiger charge is -2.56. The third-order valence-corrected chi connectivity index (χ3v) is 6.32. The van der Waals surface area contributed by atoms with Gasteiger partial charge in [0.05, 0.1) is 6.04 Å². The van der Waals surface area contributed by atoms with Gasteiger partial charge in [-0.25, -0.2) is 0 Å². The third-order valence-electron chi connectivity index (χ3n) is 6.02. The fraction of sp³-hybridized carbons (Fsp3) is 0.200. The molecule has 0 aromatic heterocycles. The molecule has 1 amide bonds. The van der Waals surface area contributed by atoms with E-state index in [0.717, 1.165) is 28.3 Å². The molecule has 5 nitrogen and oxygen atoms in total. The zero-order valence-electron chi connectivity index (χ0n) is 17.3. The molecule has 5 rings (SSSR count). The van der Waals surface area contributed by atoms with E-state index in [1.54, 1.807) is 0 Å². The molecule has 6 heteroatoms. The third kappa shape index (κ3) is 3.24. The second kappa shape index (κ2) is 7.39. The van der Waals surface area contributed by atoms with Crippen LogP contribution in [0.25, 0.3) is 0 Å². The van der Waals surface area contributed by atoms with E-state index in [0.29, 0.717) is 5.11 Å². The zero-order valence-corrected chi connectivity index (χ0v) is 18.1. The molecule has 1 fully saturated rings. The van der Waals surface area contributed by atoms with Crippen LogP contribution in [0.1, 0.15) is 24.1 Å². The maximum absolute atomic E-state index is 13.6. The number of carbonyl (C=O) groups excluding carboxylic acids is 1. The van der Waals surface area contributed by atoms with Crippen molar-refractivity contribution in [3.05, 3.63) is 90.0 Å². The first kappa shape index (κ1) is 19.6. The number of para-hydroxylation sites is 2. The number of rotatable bonds is 3. The van der Waals surface area contributed by atoms with Crippen LogP contribution in [0.15, 0.2) is 78.9 Å². The van der Waals surface area contributed by atoms with E-state index in [1.165, 1.54) is 0 Å². The molecule has 1 saturated heterocycles. The minimum absolute atomic E-state index is 0.125. The van der Waals surface area contributed by atoms with E-state index in [9.17, 15) is 4.79 Å². The van der Waals surface area contributed by atoms with Crippen molar-refractivity contribution >= 4 is 34.6 Å². The average molecular weight is 430 g/mol. The van der Waals surface area contributed by atoms with Crippen molar-refractivity contribution < 1.29 is 9.53 Å². The predicted octanol–water partition coefficient (Wildman–Crippen LogP) is 4.79. The van der Waals surface area contributed by atoms with Gasteiger partial charge in [-0.1, -0.05) is 54.1 Å². The minimum atomic E-state index is -1.00. The molecule has 0 radical (unpaired) electrons. The standard InChI is InChI=1S/C25H23N3O2S/c1-16-12-14-18(15-13-16)28-24(31)27-22-19-10-6-7-11-20(19)30-25(28,2)21(22)23(29)26-17-8-4-3-5-9-17/h3-15,21-22H,1-2H3,(H,26,29)(H,27,31)/t21-,22+,25-/m0/s1. The van der Waals surface area contributed by atoms with Crippen LogP contribution in [0.4, 0.5) is 11.4 Å². The van der Waals surface area contributed by atoms with E-state index >= 15 is 0 Å². The van der Waals surface area contributed by atoms with Crippen molar-refractivity contribution in [3.8, 4) is 5.75 Å². The van der Waals surface area contributed by atoms with E-state index in [2.05, 4.69) is 10.6 Å².